The Morgan fingerprint density at radius 2 is 2.38 bits per heavy atom. The Kier molecular flexibility index (Phi) is 2.19. The maximum Gasteiger partial charge on any atom is 0.128 e. The van der Waals surface area contributed by atoms with Crippen LogP contribution in [0.2, 0.25) is 0 Å². The predicted molar refractivity (Wildman–Crippen MR) is 53.8 cm³/mol. The van der Waals surface area contributed by atoms with E-state index in [-0.39, 0.29) is 0 Å². The minimum absolute atomic E-state index is 0.322. The Morgan fingerprint density at radius 3 is 3.00 bits per heavy atom. The molecule has 0 radical (unpaired) electrons. The summed E-state index contributed by atoms with van der Waals surface area (Å²) < 4.78 is 0. The van der Waals surface area contributed by atoms with E-state index in [9.17, 15) is 0 Å². The van der Waals surface area contributed by atoms with Crippen molar-refractivity contribution < 1.29 is 0 Å². The van der Waals surface area contributed by atoms with Gasteiger partial charge in [-0.25, -0.2) is 4.98 Å². The van der Waals surface area contributed by atoms with Crippen LogP contribution < -0.4 is 10.6 Å². The Labute approximate surface area is 78.6 Å². The smallest absolute Gasteiger partial charge is 0.128 e. The largest absolute Gasteiger partial charge is 0.355 e. The quantitative estimate of drug-likeness (QED) is 0.693. The molecule has 1 aromatic rings. The highest BCUT2D eigenvalue weighted by molar-refractivity contribution is 5.40. The van der Waals surface area contributed by atoms with Crippen LogP contribution in [0.15, 0.2) is 18.2 Å². The van der Waals surface area contributed by atoms with Gasteiger partial charge in [0, 0.05) is 24.8 Å². The van der Waals surface area contributed by atoms with E-state index in [1.54, 1.807) is 0 Å². The summed E-state index contributed by atoms with van der Waals surface area (Å²) in [5.74, 6) is 1.06. The third kappa shape index (κ3) is 1.80. The number of aryl methyl sites for hydroxylation is 1. The molecule has 0 unspecified atom stereocenters. The fourth-order valence-electron chi connectivity index (χ4n) is 1.70. The number of hydrogen-bond donors (Lipinski definition) is 1. The topological polar surface area (TPSA) is 42.1 Å². The van der Waals surface area contributed by atoms with Crippen LogP contribution in [-0.2, 0) is 0 Å². The highest BCUT2D eigenvalue weighted by Crippen LogP contribution is 2.16. The average molecular weight is 177 g/mol. The predicted octanol–water partition coefficient (Wildman–Crippen LogP) is 0.927. The molecule has 3 nitrogen and oxygen atoms in total. The molecule has 13 heavy (non-hydrogen) atoms. The summed E-state index contributed by atoms with van der Waals surface area (Å²) in [4.78, 5) is 6.71. The van der Waals surface area contributed by atoms with Crippen molar-refractivity contribution in [3.63, 3.8) is 0 Å². The molecule has 2 rings (SSSR count). The van der Waals surface area contributed by atoms with E-state index in [2.05, 4.69) is 9.88 Å². The van der Waals surface area contributed by atoms with Crippen molar-refractivity contribution in [2.75, 3.05) is 18.0 Å². The second-order valence-corrected chi connectivity index (χ2v) is 3.63. The molecule has 0 aromatic carbocycles. The average Bonchev–Trinajstić information content (AvgIpc) is 2.52. The zero-order valence-corrected chi connectivity index (χ0v) is 7.90. The van der Waals surface area contributed by atoms with E-state index >= 15 is 0 Å². The molecule has 1 aliphatic rings. The number of hydrogen-bond acceptors (Lipinski definition) is 3. The standard InChI is InChI=1S/C10H15N3/c1-8-3-2-4-10(12-8)13-6-5-9(11)7-13/h2-4,9H,5-7,11H2,1H3/t9-/m0/s1. The van der Waals surface area contributed by atoms with Crippen molar-refractivity contribution in [2.24, 2.45) is 5.73 Å². The number of pyridine rings is 1. The van der Waals surface area contributed by atoms with E-state index < -0.39 is 0 Å². The fraction of sp³-hybridized carbons (Fsp3) is 0.500. The molecule has 0 spiro atoms. The highest BCUT2D eigenvalue weighted by atomic mass is 15.2. The first-order valence-corrected chi connectivity index (χ1v) is 4.70. The number of rotatable bonds is 1. The Balaban J connectivity index is 2.16. The minimum atomic E-state index is 0.322. The van der Waals surface area contributed by atoms with Crippen molar-refractivity contribution in [3.8, 4) is 0 Å². The molecule has 1 saturated heterocycles. The van der Waals surface area contributed by atoms with Gasteiger partial charge in [0.05, 0.1) is 0 Å². The Bertz CT molecular complexity index is 298. The summed E-state index contributed by atoms with van der Waals surface area (Å²) in [5, 5.41) is 0. The molecular weight excluding hydrogens is 162 g/mol. The van der Waals surface area contributed by atoms with Crippen LogP contribution in [0.3, 0.4) is 0 Å². The lowest BCUT2D eigenvalue weighted by molar-refractivity contribution is 0.751. The molecule has 1 aliphatic heterocycles. The fourth-order valence-corrected chi connectivity index (χ4v) is 1.70. The summed E-state index contributed by atoms with van der Waals surface area (Å²) in [5.41, 5.74) is 6.90. The van der Waals surface area contributed by atoms with E-state index in [4.69, 9.17) is 5.73 Å². The molecule has 2 N–H and O–H groups in total. The van der Waals surface area contributed by atoms with Gasteiger partial charge in [-0.2, -0.15) is 0 Å². The van der Waals surface area contributed by atoms with Gasteiger partial charge in [0.25, 0.3) is 0 Å². The van der Waals surface area contributed by atoms with E-state index in [1.165, 1.54) is 0 Å². The molecule has 1 atom stereocenters. The molecule has 0 aliphatic carbocycles. The maximum atomic E-state index is 5.83. The molecule has 2 heterocycles. The third-order valence-electron chi connectivity index (χ3n) is 2.42. The number of aromatic nitrogens is 1. The van der Waals surface area contributed by atoms with Crippen molar-refractivity contribution in [1.82, 2.24) is 4.98 Å². The van der Waals surface area contributed by atoms with Crippen LogP contribution in [0.4, 0.5) is 5.82 Å². The van der Waals surface area contributed by atoms with Crippen LogP contribution in [0, 0.1) is 6.92 Å². The van der Waals surface area contributed by atoms with Crippen LogP contribution in [0.1, 0.15) is 12.1 Å². The monoisotopic (exact) mass is 177 g/mol. The van der Waals surface area contributed by atoms with Crippen molar-refractivity contribution >= 4 is 5.82 Å². The Morgan fingerprint density at radius 1 is 1.54 bits per heavy atom. The van der Waals surface area contributed by atoms with Gasteiger partial charge in [-0.3, -0.25) is 0 Å². The van der Waals surface area contributed by atoms with Crippen LogP contribution in [-0.4, -0.2) is 24.1 Å². The van der Waals surface area contributed by atoms with Crippen LogP contribution in [0.5, 0.6) is 0 Å². The molecular formula is C10H15N3. The Hall–Kier alpha value is -1.09. The third-order valence-corrected chi connectivity index (χ3v) is 2.42. The van der Waals surface area contributed by atoms with Gasteiger partial charge in [-0.05, 0) is 25.5 Å². The minimum Gasteiger partial charge on any atom is -0.355 e. The summed E-state index contributed by atoms with van der Waals surface area (Å²) in [7, 11) is 0. The molecule has 3 heteroatoms. The normalized spacial score (nSPS) is 22.3. The lowest BCUT2D eigenvalue weighted by Gasteiger charge is -2.16. The van der Waals surface area contributed by atoms with Gasteiger partial charge < -0.3 is 10.6 Å². The van der Waals surface area contributed by atoms with Gasteiger partial charge >= 0.3 is 0 Å². The van der Waals surface area contributed by atoms with Crippen molar-refractivity contribution in [3.05, 3.63) is 23.9 Å². The number of anilines is 1. The SMILES string of the molecule is Cc1cccc(N2CC[C@H](N)C2)n1. The van der Waals surface area contributed by atoms with Gasteiger partial charge in [-0.15, -0.1) is 0 Å². The number of nitrogens with two attached hydrogens (primary N) is 1. The first-order valence-electron chi connectivity index (χ1n) is 4.70. The lowest BCUT2D eigenvalue weighted by Crippen LogP contribution is -2.26. The molecule has 0 bridgehead atoms. The van der Waals surface area contributed by atoms with Gasteiger partial charge in [0.15, 0.2) is 0 Å². The first kappa shape index (κ1) is 8.51. The molecule has 70 valence electrons. The molecule has 1 aromatic heterocycles. The summed E-state index contributed by atoms with van der Waals surface area (Å²) in [6, 6.07) is 6.42. The van der Waals surface area contributed by atoms with Crippen molar-refractivity contribution in [1.29, 1.82) is 0 Å². The zero-order chi connectivity index (χ0) is 9.26. The van der Waals surface area contributed by atoms with E-state index in [0.717, 1.165) is 31.0 Å². The second kappa shape index (κ2) is 3.34. The van der Waals surface area contributed by atoms with E-state index in [0.29, 0.717) is 6.04 Å². The molecule has 0 amide bonds. The van der Waals surface area contributed by atoms with Crippen LogP contribution >= 0.6 is 0 Å². The maximum absolute atomic E-state index is 5.83. The zero-order valence-electron chi connectivity index (χ0n) is 7.90. The first-order chi connectivity index (χ1) is 6.25. The summed E-state index contributed by atoms with van der Waals surface area (Å²) in [6.07, 6.45) is 1.08. The molecule has 0 saturated carbocycles. The van der Waals surface area contributed by atoms with Crippen molar-refractivity contribution in [2.45, 2.75) is 19.4 Å². The van der Waals surface area contributed by atoms with E-state index in [1.807, 2.05) is 25.1 Å². The summed E-state index contributed by atoms with van der Waals surface area (Å²) in [6.45, 7) is 3.99. The number of nitrogens with zero attached hydrogens (tertiary/aromatic N) is 2. The molecule has 1 fully saturated rings. The second-order valence-electron chi connectivity index (χ2n) is 3.63. The van der Waals surface area contributed by atoms with Gasteiger partial charge in [0.2, 0.25) is 0 Å². The highest BCUT2D eigenvalue weighted by Gasteiger charge is 2.19. The lowest BCUT2D eigenvalue weighted by atomic mass is 10.3. The van der Waals surface area contributed by atoms with Crippen LogP contribution in [0.25, 0.3) is 0 Å². The van der Waals surface area contributed by atoms with Gasteiger partial charge in [-0.1, -0.05) is 6.07 Å². The summed E-state index contributed by atoms with van der Waals surface area (Å²) >= 11 is 0. The van der Waals surface area contributed by atoms with Gasteiger partial charge in [0.1, 0.15) is 5.82 Å².